The van der Waals surface area contributed by atoms with Gasteiger partial charge in [-0.05, 0) is 41.0 Å². The normalized spacial score (nSPS) is 18.7. The lowest BCUT2D eigenvalue weighted by Crippen LogP contribution is -2.35. The molecule has 2 unspecified atom stereocenters. The standard InChI is InChI=1S/C22H19F2N3/c23-18-10-6-16(7-11-18)20-21(17-8-12-19(24)13-9-17)27-22(26-20)25-14-15-4-2-1-3-5-15/h1-13,20-21H,14H2,(H2,25,26,27). The summed E-state index contributed by atoms with van der Waals surface area (Å²) < 4.78 is 26.6. The highest BCUT2D eigenvalue weighted by Gasteiger charge is 2.31. The monoisotopic (exact) mass is 363 g/mol. The molecule has 3 nitrogen and oxygen atoms in total. The first-order valence-corrected chi connectivity index (χ1v) is 8.82. The van der Waals surface area contributed by atoms with E-state index in [1.54, 1.807) is 24.3 Å². The van der Waals surface area contributed by atoms with Crippen LogP contribution in [0.5, 0.6) is 0 Å². The average Bonchev–Trinajstić information content (AvgIpc) is 3.13. The van der Waals surface area contributed by atoms with Gasteiger partial charge in [0.15, 0.2) is 5.96 Å². The number of halogens is 2. The number of nitrogens with one attached hydrogen (secondary N) is 2. The van der Waals surface area contributed by atoms with E-state index >= 15 is 0 Å². The Kier molecular flexibility index (Phi) is 4.83. The van der Waals surface area contributed by atoms with Gasteiger partial charge in [0.1, 0.15) is 17.7 Å². The number of rotatable bonds is 4. The zero-order chi connectivity index (χ0) is 18.6. The second-order valence-electron chi connectivity index (χ2n) is 6.49. The van der Waals surface area contributed by atoms with Gasteiger partial charge < -0.3 is 10.6 Å². The van der Waals surface area contributed by atoms with Crippen LogP contribution >= 0.6 is 0 Å². The van der Waals surface area contributed by atoms with E-state index in [1.807, 2.05) is 30.3 Å². The first kappa shape index (κ1) is 17.2. The molecule has 0 aliphatic carbocycles. The maximum Gasteiger partial charge on any atom is 0.192 e. The number of guanidine groups is 1. The lowest BCUT2D eigenvalue weighted by Gasteiger charge is -2.19. The Balaban J connectivity index is 1.58. The van der Waals surface area contributed by atoms with E-state index in [-0.39, 0.29) is 23.7 Å². The van der Waals surface area contributed by atoms with E-state index < -0.39 is 0 Å². The van der Waals surface area contributed by atoms with Crippen LogP contribution in [-0.2, 0) is 6.54 Å². The minimum absolute atomic E-state index is 0.158. The lowest BCUT2D eigenvalue weighted by atomic mass is 9.95. The maximum atomic E-state index is 13.3. The molecule has 0 aromatic heterocycles. The second kappa shape index (κ2) is 7.58. The highest BCUT2D eigenvalue weighted by molar-refractivity contribution is 5.82. The summed E-state index contributed by atoms with van der Waals surface area (Å²) in [5, 5.41) is 6.69. The molecule has 3 aromatic carbocycles. The summed E-state index contributed by atoms with van der Waals surface area (Å²) in [5.41, 5.74) is 2.96. The smallest absolute Gasteiger partial charge is 0.192 e. The third-order valence-electron chi connectivity index (χ3n) is 4.62. The zero-order valence-corrected chi connectivity index (χ0v) is 14.6. The zero-order valence-electron chi connectivity index (χ0n) is 14.6. The van der Waals surface area contributed by atoms with Crippen LogP contribution in [0.4, 0.5) is 8.78 Å². The van der Waals surface area contributed by atoms with Crippen molar-refractivity contribution in [1.82, 2.24) is 10.6 Å². The van der Waals surface area contributed by atoms with Crippen LogP contribution in [0.3, 0.4) is 0 Å². The van der Waals surface area contributed by atoms with Crippen LogP contribution in [0.2, 0.25) is 0 Å². The summed E-state index contributed by atoms with van der Waals surface area (Å²) in [7, 11) is 0. The molecule has 5 heteroatoms. The first-order valence-electron chi connectivity index (χ1n) is 8.82. The molecule has 0 fully saturated rings. The van der Waals surface area contributed by atoms with Crippen molar-refractivity contribution in [2.24, 2.45) is 4.99 Å². The number of benzene rings is 3. The highest BCUT2D eigenvalue weighted by Crippen LogP contribution is 2.35. The predicted octanol–water partition coefficient (Wildman–Crippen LogP) is 4.50. The van der Waals surface area contributed by atoms with Crippen LogP contribution in [0.25, 0.3) is 0 Å². The summed E-state index contributed by atoms with van der Waals surface area (Å²) in [5.74, 6) is 0.107. The Labute approximate surface area is 156 Å². The van der Waals surface area contributed by atoms with E-state index in [4.69, 9.17) is 4.99 Å². The second-order valence-corrected chi connectivity index (χ2v) is 6.49. The minimum Gasteiger partial charge on any atom is -0.352 e. The molecule has 0 saturated heterocycles. The molecule has 136 valence electrons. The molecule has 0 amide bonds. The molecule has 2 N–H and O–H groups in total. The number of hydrogen-bond donors (Lipinski definition) is 2. The van der Waals surface area contributed by atoms with Crippen molar-refractivity contribution >= 4 is 5.96 Å². The van der Waals surface area contributed by atoms with Crippen LogP contribution in [0, 0.1) is 11.6 Å². The fourth-order valence-corrected chi connectivity index (χ4v) is 3.22. The third-order valence-corrected chi connectivity index (χ3v) is 4.62. The Morgan fingerprint density at radius 2 is 1.37 bits per heavy atom. The van der Waals surface area contributed by atoms with Gasteiger partial charge in [-0.15, -0.1) is 0 Å². The molecule has 0 saturated carbocycles. The molecule has 0 spiro atoms. The van der Waals surface area contributed by atoms with E-state index in [9.17, 15) is 8.78 Å². The van der Waals surface area contributed by atoms with Gasteiger partial charge in [0.25, 0.3) is 0 Å². The highest BCUT2D eigenvalue weighted by atomic mass is 19.1. The summed E-state index contributed by atoms with van der Waals surface area (Å²) in [6.07, 6.45) is 0. The van der Waals surface area contributed by atoms with Crippen molar-refractivity contribution in [1.29, 1.82) is 0 Å². The van der Waals surface area contributed by atoms with Crippen molar-refractivity contribution in [2.45, 2.75) is 18.6 Å². The van der Waals surface area contributed by atoms with Crippen LogP contribution in [0.15, 0.2) is 83.9 Å². The van der Waals surface area contributed by atoms with Crippen LogP contribution in [0.1, 0.15) is 28.8 Å². The van der Waals surface area contributed by atoms with Gasteiger partial charge in [-0.1, -0.05) is 54.6 Å². The van der Waals surface area contributed by atoms with Crippen molar-refractivity contribution < 1.29 is 8.78 Å². The molecule has 2 atom stereocenters. The van der Waals surface area contributed by atoms with Crippen LogP contribution < -0.4 is 10.6 Å². The topological polar surface area (TPSA) is 36.4 Å². The molecule has 27 heavy (non-hydrogen) atoms. The summed E-state index contributed by atoms with van der Waals surface area (Å²) in [4.78, 5) is 4.76. The number of aliphatic imine (C=N–C) groups is 1. The summed E-state index contributed by atoms with van der Waals surface area (Å²) >= 11 is 0. The summed E-state index contributed by atoms with van der Waals surface area (Å²) in [6, 6.07) is 22.4. The van der Waals surface area contributed by atoms with Gasteiger partial charge in [-0.2, -0.15) is 0 Å². The molecule has 0 radical (unpaired) electrons. The van der Waals surface area contributed by atoms with Gasteiger partial charge in [0.05, 0.1) is 6.04 Å². The van der Waals surface area contributed by atoms with Crippen LogP contribution in [-0.4, -0.2) is 5.96 Å². The number of hydrogen-bond acceptors (Lipinski definition) is 3. The van der Waals surface area contributed by atoms with Crippen molar-refractivity contribution in [3.8, 4) is 0 Å². The molecule has 1 aliphatic heterocycles. The maximum absolute atomic E-state index is 13.3. The SMILES string of the molecule is Fc1ccc(C2N=C(NCc3ccccc3)NC2c2ccc(F)cc2)cc1. The third kappa shape index (κ3) is 3.97. The van der Waals surface area contributed by atoms with Gasteiger partial charge in [0, 0.05) is 6.54 Å². The van der Waals surface area contributed by atoms with Crippen molar-refractivity contribution in [2.75, 3.05) is 0 Å². The van der Waals surface area contributed by atoms with Gasteiger partial charge in [-0.25, -0.2) is 13.8 Å². The summed E-state index contributed by atoms with van der Waals surface area (Å²) in [6.45, 7) is 0.638. The largest absolute Gasteiger partial charge is 0.352 e. The van der Waals surface area contributed by atoms with E-state index in [2.05, 4.69) is 10.6 Å². The van der Waals surface area contributed by atoms with Crippen molar-refractivity contribution in [3.05, 3.63) is 107 Å². The first-order chi connectivity index (χ1) is 13.2. The van der Waals surface area contributed by atoms with Gasteiger partial charge in [-0.3, -0.25) is 0 Å². The average molecular weight is 363 g/mol. The minimum atomic E-state index is -0.283. The van der Waals surface area contributed by atoms with E-state index in [0.717, 1.165) is 16.7 Å². The van der Waals surface area contributed by atoms with Gasteiger partial charge in [0.2, 0.25) is 0 Å². The van der Waals surface area contributed by atoms with Gasteiger partial charge >= 0.3 is 0 Å². The van der Waals surface area contributed by atoms with E-state index in [0.29, 0.717) is 12.5 Å². The molecular weight excluding hydrogens is 344 g/mol. The van der Waals surface area contributed by atoms with Crippen molar-refractivity contribution in [3.63, 3.8) is 0 Å². The molecule has 1 heterocycles. The number of nitrogens with zero attached hydrogens (tertiary/aromatic N) is 1. The molecule has 0 bridgehead atoms. The quantitative estimate of drug-likeness (QED) is 0.716. The Hall–Kier alpha value is -3.21. The molecule has 1 aliphatic rings. The predicted molar refractivity (Wildman–Crippen MR) is 102 cm³/mol. The molecular formula is C22H19F2N3. The molecule has 4 rings (SSSR count). The Morgan fingerprint density at radius 3 is 2.00 bits per heavy atom. The van der Waals surface area contributed by atoms with E-state index in [1.165, 1.54) is 24.3 Å². The lowest BCUT2D eigenvalue weighted by molar-refractivity contribution is 0.563. The Morgan fingerprint density at radius 1 is 0.778 bits per heavy atom. The fraction of sp³-hybridized carbons (Fsp3) is 0.136. The fourth-order valence-electron chi connectivity index (χ4n) is 3.22. The molecule has 3 aromatic rings. The Bertz CT molecular complexity index is 922.